The van der Waals surface area contributed by atoms with Crippen molar-refractivity contribution >= 4 is 50.8 Å². The topological polar surface area (TPSA) is 92.8 Å². The maximum Gasteiger partial charge on any atom is 0.338 e. The number of sulfonamides is 1. The highest BCUT2D eigenvalue weighted by atomic mass is 35.5. The Morgan fingerprint density at radius 3 is 2.23 bits per heavy atom. The van der Waals surface area contributed by atoms with Gasteiger partial charge < -0.3 is 10.1 Å². The van der Waals surface area contributed by atoms with Gasteiger partial charge in [-0.3, -0.25) is 4.79 Å². The van der Waals surface area contributed by atoms with Crippen molar-refractivity contribution in [1.82, 2.24) is 4.31 Å². The van der Waals surface area contributed by atoms with Crippen LogP contribution in [0.2, 0.25) is 10.0 Å². The van der Waals surface area contributed by atoms with Gasteiger partial charge in [-0.25, -0.2) is 13.2 Å². The van der Waals surface area contributed by atoms with Gasteiger partial charge in [-0.1, -0.05) is 37.0 Å². The summed E-state index contributed by atoms with van der Waals surface area (Å²) in [5, 5.41) is 3.13. The fraction of sp³-hybridized carbons (Fsp3) is 0.300. The highest BCUT2D eigenvalue weighted by Crippen LogP contribution is 2.27. The van der Waals surface area contributed by atoms with Crippen molar-refractivity contribution in [2.45, 2.75) is 31.8 Å². The summed E-state index contributed by atoms with van der Waals surface area (Å²) in [4.78, 5) is 24.6. The number of nitrogens with one attached hydrogen (secondary N) is 1. The second-order valence-corrected chi connectivity index (χ2v) is 9.06. The maximum absolute atomic E-state index is 12.7. The number of hydrogen-bond acceptors (Lipinski definition) is 5. The first kappa shape index (κ1) is 24.1. The lowest BCUT2D eigenvalue weighted by atomic mass is 10.2. The fourth-order valence-corrected chi connectivity index (χ4v) is 4.35. The van der Waals surface area contributed by atoms with Gasteiger partial charge in [0, 0.05) is 18.1 Å². The van der Waals surface area contributed by atoms with Gasteiger partial charge in [-0.05, 0) is 49.4 Å². The molecular weight excluding hydrogens is 451 g/mol. The minimum Gasteiger partial charge on any atom is -0.449 e. The van der Waals surface area contributed by atoms with Crippen LogP contribution in [0, 0.1) is 0 Å². The lowest BCUT2D eigenvalue weighted by molar-refractivity contribution is -0.123. The highest BCUT2D eigenvalue weighted by Gasteiger charge is 2.24. The van der Waals surface area contributed by atoms with Gasteiger partial charge in [0.2, 0.25) is 10.0 Å². The lowest BCUT2D eigenvalue weighted by Crippen LogP contribution is -2.31. The van der Waals surface area contributed by atoms with Gasteiger partial charge in [0.25, 0.3) is 5.91 Å². The van der Waals surface area contributed by atoms with E-state index in [1.54, 1.807) is 13.8 Å². The van der Waals surface area contributed by atoms with Crippen LogP contribution >= 0.6 is 23.2 Å². The Kier molecular flexibility index (Phi) is 8.25. The average Bonchev–Trinajstić information content (AvgIpc) is 2.70. The van der Waals surface area contributed by atoms with Crippen molar-refractivity contribution in [1.29, 1.82) is 0 Å². The molecule has 0 aliphatic carbocycles. The van der Waals surface area contributed by atoms with Crippen LogP contribution < -0.4 is 5.32 Å². The molecule has 0 saturated heterocycles. The van der Waals surface area contributed by atoms with E-state index in [-0.39, 0.29) is 21.2 Å². The predicted octanol–water partition coefficient (Wildman–Crippen LogP) is 4.21. The van der Waals surface area contributed by atoms with E-state index in [1.807, 2.05) is 0 Å². The van der Waals surface area contributed by atoms with Crippen LogP contribution in [-0.2, 0) is 19.6 Å². The Morgan fingerprint density at radius 1 is 1.07 bits per heavy atom. The van der Waals surface area contributed by atoms with E-state index in [9.17, 15) is 18.0 Å². The summed E-state index contributed by atoms with van der Waals surface area (Å²) < 4.78 is 31.8. The summed E-state index contributed by atoms with van der Waals surface area (Å²) in [6.45, 7) is 5.47. The molecule has 10 heteroatoms. The molecule has 2 aromatic carbocycles. The first-order chi connectivity index (χ1) is 14.1. The molecule has 0 saturated carbocycles. The molecule has 2 aromatic rings. The van der Waals surface area contributed by atoms with Gasteiger partial charge >= 0.3 is 5.97 Å². The van der Waals surface area contributed by atoms with Crippen LogP contribution in [0.5, 0.6) is 0 Å². The molecular formula is C20H22Cl2N2O5S. The molecule has 30 heavy (non-hydrogen) atoms. The van der Waals surface area contributed by atoms with Crippen LogP contribution in [0.3, 0.4) is 0 Å². The molecule has 0 aliphatic rings. The number of carbonyl (C=O) groups excluding carboxylic acids is 2. The summed E-state index contributed by atoms with van der Waals surface area (Å²) in [5.41, 5.74) is 0.341. The van der Waals surface area contributed by atoms with Crippen molar-refractivity contribution in [2.75, 3.05) is 18.4 Å². The number of anilines is 1. The van der Waals surface area contributed by atoms with Crippen molar-refractivity contribution in [2.24, 2.45) is 0 Å². The predicted molar refractivity (Wildman–Crippen MR) is 117 cm³/mol. The zero-order valence-electron chi connectivity index (χ0n) is 16.7. The standard InChI is InChI=1S/C20H22Cl2N2O5S/c1-4-24(5-2)30(27,28)16-10-11-17(22)18(12-16)23-19(25)13(3)29-20(26)14-6-8-15(21)9-7-14/h6-13H,4-5H2,1-3H3,(H,23,25). The number of halogens is 2. The van der Waals surface area contributed by atoms with Crippen LogP contribution in [-0.4, -0.2) is 43.8 Å². The van der Waals surface area contributed by atoms with Crippen molar-refractivity contribution in [3.63, 3.8) is 0 Å². The van der Waals surface area contributed by atoms with Crippen LogP contribution in [0.15, 0.2) is 47.4 Å². The monoisotopic (exact) mass is 472 g/mol. The molecule has 0 bridgehead atoms. The number of ether oxygens (including phenoxy) is 1. The van der Waals surface area contributed by atoms with E-state index >= 15 is 0 Å². The Labute approximate surface area is 186 Å². The van der Waals surface area contributed by atoms with Gasteiger partial charge in [0.1, 0.15) is 0 Å². The molecule has 0 fully saturated rings. The van der Waals surface area contributed by atoms with E-state index in [4.69, 9.17) is 27.9 Å². The van der Waals surface area contributed by atoms with Crippen LogP contribution in [0.4, 0.5) is 5.69 Å². The number of hydrogen-bond donors (Lipinski definition) is 1. The zero-order chi connectivity index (χ0) is 22.5. The molecule has 1 N–H and O–H groups in total. The maximum atomic E-state index is 12.7. The quantitative estimate of drug-likeness (QED) is 0.580. The molecule has 1 atom stereocenters. The Bertz CT molecular complexity index is 1020. The number of amides is 1. The van der Waals surface area contributed by atoms with E-state index in [2.05, 4.69) is 5.32 Å². The van der Waals surface area contributed by atoms with Crippen molar-refractivity contribution < 1.29 is 22.7 Å². The summed E-state index contributed by atoms with van der Waals surface area (Å²) in [6.07, 6.45) is -1.15. The number of benzene rings is 2. The van der Waals surface area contributed by atoms with Gasteiger partial charge in [-0.2, -0.15) is 4.31 Å². The molecule has 0 heterocycles. The first-order valence-corrected chi connectivity index (χ1v) is 11.4. The summed E-state index contributed by atoms with van der Waals surface area (Å²) >= 11 is 11.9. The highest BCUT2D eigenvalue weighted by molar-refractivity contribution is 7.89. The minimum absolute atomic E-state index is 0.00304. The number of nitrogens with zero attached hydrogens (tertiary/aromatic N) is 1. The molecule has 0 aromatic heterocycles. The second-order valence-electron chi connectivity index (χ2n) is 6.27. The molecule has 1 amide bonds. The average molecular weight is 473 g/mol. The molecule has 162 valence electrons. The third-order valence-electron chi connectivity index (χ3n) is 4.27. The molecule has 0 aliphatic heterocycles. The molecule has 2 rings (SSSR count). The summed E-state index contributed by atoms with van der Waals surface area (Å²) in [7, 11) is -3.73. The summed E-state index contributed by atoms with van der Waals surface area (Å²) in [5.74, 6) is -1.35. The Morgan fingerprint density at radius 2 is 1.67 bits per heavy atom. The first-order valence-electron chi connectivity index (χ1n) is 9.17. The number of esters is 1. The Balaban J connectivity index is 2.15. The third kappa shape index (κ3) is 5.72. The van der Waals surface area contributed by atoms with E-state index in [0.29, 0.717) is 18.1 Å². The van der Waals surface area contributed by atoms with Gasteiger partial charge in [0.05, 0.1) is 21.2 Å². The fourth-order valence-electron chi connectivity index (χ4n) is 2.58. The van der Waals surface area contributed by atoms with E-state index in [0.717, 1.165) is 0 Å². The van der Waals surface area contributed by atoms with Crippen LogP contribution in [0.1, 0.15) is 31.1 Å². The van der Waals surface area contributed by atoms with Gasteiger partial charge in [0.15, 0.2) is 6.10 Å². The van der Waals surface area contributed by atoms with E-state index in [1.165, 1.54) is 53.7 Å². The molecule has 0 radical (unpaired) electrons. The minimum atomic E-state index is -3.73. The second kappa shape index (κ2) is 10.3. The van der Waals surface area contributed by atoms with Crippen molar-refractivity contribution in [3.05, 3.63) is 58.1 Å². The molecule has 1 unspecified atom stereocenters. The van der Waals surface area contributed by atoms with Crippen molar-refractivity contribution in [3.8, 4) is 0 Å². The third-order valence-corrected chi connectivity index (χ3v) is 6.90. The number of rotatable bonds is 8. The van der Waals surface area contributed by atoms with E-state index < -0.39 is 28.0 Å². The largest absolute Gasteiger partial charge is 0.449 e. The zero-order valence-corrected chi connectivity index (χ0v) is 19.0. The smallest absolute Gasteiger partial charge is 0.338 e. The lowest BCUT2D eigenvalue weighted by Gasteiger charge is -2.19. The Hall–Kier alpha value is -2.13. The summed E-state index contributed by atoms with van der Waals surface area (Å²) in [6, 6.07) is 10.1. The van der Waals surface area contributed by atoms with Gasteiger partial charge in [-0.15, -0.1) is 0 Å². The SMILES string of the molecule is CCN(CC)S(=O)(=O)c1ccc(Cl)c(NC(=O)C(C)OC(=O)c2ccc(Cl)cc2)c1. The number of carbonyl (C=O) groups is 2. The van der Waals surface area contributed by atoms with Crippen LogP contribution in [0.25, 0.3) is 0 Å². The molecule has 0 spiro atoms. The normalized spacial score (nSPS) is 12.5. The molecule has 7 nitrogen and oxygen atoms in total.